The van der Waals surface area contributed by atoms with Gasteiger partial charge in [0.1, 0.15) is 29.8 Å². The predicted octanol–water partition coefficient (Wildman–Crippen LogP) is 3.77. The van der Waals surface area contributed by atoms with Gasteiger partial charge >= 0.3 is 5.97 Å². The van der Waals surface area contributed by atoms with Crippen LogP contribution in [0, 0.1) is 17.8 Å². The number of hydrogen-bond donors (Lipinski definition) is 2. The topological polar surface area (TPSA) is 140 Å². The summed E-state index contributed by atoms with van der Waals surface area (Å²) in [6.45, 7) is 16.2. The van der Waals surface area contributed by atoms with Crippen molar-refractivity contribution in [3.05, 3.63) is 42.2 Å². The molecule has 1 aromatic heterocycles. The molecule has 12 heteroatoms. The molecule has 0 amide bonds. The number of hydrogen-bond acceptors (Lipinski definition) is 12. The summed E-state index contributed by atoms with van der Waals surface area (Å²) in [7, 11) is 3.82. The molecule has 12 nitrogen and oxygen atoms in total. The highest BCUT2D eigenvalue weighted by Gasteiger charge is 2.51. The number of ketones is 1. The standard InChI is InChI=1S/C39H63N3O9/c1-11-31-39(8,46)35-28(6)42(23-29-16-12-13-17-40-29)22-24(2)21-38(7,48-19-15-14-18-47-35)34(26(4)32(43)27(5)36(45)50-31)51-37-33(44)30(41(9)10)20-25(3)49-37/h12-17,24-28,30-31,33-35,37,44,46H,11,18-23H2,1-10H3/b15-14-/t24-,25-,26+,27?,28-,30+,31-,33-,34-,35-,37+,38-,39-/m1/s1. The van der Waals surface area contributed by atoms with Crippen molar-refractivity contribution in [2.75, 3.05) is 33.9 Å². The third kappa shape index (κ3) is 9.83. The number of cyclic esters (lactones) is 1. The van der Waals surface area contributed by atoms with E-state index in [1.54, 1.807) is 20.0 Å². The number of aliphatic hydroxyl groups excluding tert-OH is 1. The Morgan fingerprint density at radius 2 is 1.78 bits per heavy atom. The zero-order valence-corrected chi connectivity index (χ0v) is 32.4. The lowest BCUT2D eigenvalue weighted by Crippen LogP contribution is -2.60. The van der Waals surface area contributed by atoms with Crippen LogP contribution in [-0.4, -0.2) is 131 Å². The minimum atomic E-state index is -1.62. The zero-order valence-electron chi connectivity index (χ0n) is 32.4. The van der Waals surface area contributed by atoms with E-state index in [2.05, 4.69) is 16.8 Å². The highest BCUT2D eigenvalue weighted by atomic mass is 16.7. The minimum absolute atomic E-state index is 0.0297. The van der Waals surface area contributed by atoms with Crippen molar-refractivity contribution in [2.45, 2.75) is 141 Å². The summed E-state index contributed by atoms with van der Waals surface area (Å²) in [4.78, 5) is 37.0. The molecule has 51 heavy (non-hydrogen) atoms. The fraction of sp³-hybridized carbons (Fsp3) is 0.769. The first-order valence-corrected chi connectivity index (χ1v) is 18.7. The Balaban J connectivity index is 1.87. The third-order valence-electron chi connectivity index (χ3n) is 11.2. The molecule has 0 aliphatic carbocycles. The molecule has 1 unspecified atom stereocenters. The lowest BCUT2D eigenvalue weighted by atomic mass is 9.78. The number of rotatable bonds is 6. The maximum Gasteiger partial charge on any atom is 0.316 e. The van der Waals surface area contributed by atoms with Gasteiger partial charge in [0.25, 0.3) is 0 Å². The van der Waals surface area contributed by atoms with Crippen molar-refractivity contribution >= 4 is 11.8 Å². The highest BCUT2D eigenvalue weighted by molar-refractivity contribution is 6.00. The van der Waals surface area contributed by atoms with Crippen LogP contribution in [0.15, 0.2) is 36.5 Å². The normalized spacial score (nSPS) is 41.8. The van der Waals surface area contributed by atoms with Gasteiger partial charge in [-0.2, -0.15) is 0 Å². The van der Waals surface area contributed by atoms with Gasteiger partial charge in [-0.3, -0.25) is 19.5 Å². The number of pyridine rings is 1. The first kappa shape index (κ1) is 41.5. The fourth-order valence-electron chi connectivity index (χ4n) is 8.30. The maximum atomic E-state index is 14.3. The molecule has 3 aliphatic heterocycles. The molecule has 0 spiro atoms. The number of carbonyl (C=O) groups is 2. The summed E-state index contributed by atoms with van der Waals surface area (Å²) >= 11 is 0. The van der Waals surface area contributed by atoms with Gasteiger partial charge in [-0.05, 0) is 86.0 Å². The SMILES string of the molecule is CC[C@H]1OC(=O)C(C)C(=O)[C@H](C)[C@@H](O[C@@H]2O[C@H](C)C[C@H](N(C)C)[C@H]2O)[C@@]2(C)C[C@@H](C)CN(Cc3ccccn3)[C@H](C)[C@@H](OC/C=C\CO2)[C@]1(C)O. The van der Waals surface area contributed by atoms with Gasteiger partial charge in [0, 0.05) is 37.3 Å². The van der Waals surface area contributed by atoms with Crippen molar-refractivity contribution in [3.63, 3.8) is 0 Å². The summed E-state index contributed by atoms with van der Waals surface area (Å²) in [6.07, 6.45) is 1.93. The number of carbonyl (C=O) groups excluding carboxylic acids is 2. The van der Waals surface area contributed by atoms with Crippen LogP contribution >= 0.6 is 0 Å². The van der Waals surface area contributed by atoms with Crippen molar-refractivity contribution in [3.8, 4) is 0 Å². The number of aliphatic hydroxyl groups is 2. The third-order valence-corrected chi connectivity index (χ3v) is 11.2. The van der Waals surface area contributed by atoms with E-state index in [-0.39, 0.29) is 43.1 Å². The highest BCUT2D eigenvalue weighted by Crippen LogP contribution is 2.38. The molecule has 13 atom stereocenters. The van der Waals surface area contributed by atoms with Gasteiger partial charge < -0.3 is 38.8 Å². The summed E-state index contributed by atoms with van der Waals surface area (Å²) in [5, 5.41) is 23.8. The van der Waals surface area contributed by atoms with Gasteiger partial charge in [-0.25, -0.2) is 0 Å². The molecule has 2 saturated heterocycles. The Morgan fingerprint density at radius 3 is 2.43 bits per heavy atom. The van der Waals surface area contributed by atoms with Crippen LogP contribution in [0.25, 0.3) is 0 Å². The summed E-state index contributed by atoms with van der Waals surface area (Å²) in [5.41, 5.74) is -1.84. The second-order valence-corrected chi connectivity index (χ2v) is 15.8. The number of fused-ring (bicyclic) bond motifs is 6. The van der Waals surface area contributed by atoms with Gasteiger partial charge in [0.05, 0.1) is 36.7 Å². The van der Waals surface area contributed by atoms with Crippen LogP contribution in [-0.2, 0) is 39.8 Å². The van der Waals surface area contributed by atoms with Crippen molar-refractivity contribution in [1.82, 2.24) is 14.8 Å². The molecule has 288 valence electrons. The molecule has 2 fully saturated rings. The van der Waals surface area contributed by atoms with Gasteiger partial charge in [-0.1, -0.05) is 39.0 Å². The van der Waals surface area contributed by atoms with Crippen molar-refractivity contribution < 1.29 is 43.5 Å². The van der Waals surface area contributed by atoms with Crippen LogP contribution < -0.4 is 0 Å². The van der Waals surface area contributed by atoms with E-state index in [0.717, 1.165) is 5.69 Å². The average molecular weight is 718 g/mol. The quantitative estimate of drug-likeness (QED) is 0.252. The van der Waals surface area contributed by atoms with Gasteiger partial charge in [0.15, 0.2) is 12.1 Å². The molecular formula is C39H63N3O9. The molecule has 4 rings (SSSR count). The number of aromatic nitrogens is 1. The summed E-state index contributed by atoms with van der Waals surface area (Å²) in [6, 6.07) is 5.21. The predicted molar refractivity (Wildman–Crippen MR) is 193 cm³/mol. The van der Waals surface area contributed by atoms with Crippen molar-refractivity contribution in [1.29, 1.82) is 0 Å². The Hall–Kier alpha value is -2.29. The van der Waals surface area contributed by atoms with E-state index < -0.39 is 59.7 Å². The van der Waals surface area contributed by atoms with E-state index in [1.165, 1.54) is 6.92 Å². The van der Waals surface area contributed by atoms with E-state index in [1.807, 2.05) is 77.0 Å². The Morgan fingerprint density at radius 1 is 1.08 bits per heavy atom. The minimum Gasteiger partial charge on any atom is -0.459 e. The second kappa shape index (κ2) is 17.7. The lowest BCUT2D eigenvalue weighted by molar-refractivity contribution is -0.297. The van der Waals surface area contributed by atoms with Gasteiger partial charge in [-0.15, -0.1) is 0 Å². The fourth-order valence-corrected chi connectivity index (χ4v) is 8.30. The molecule has 2 bridgehead atoms. The zero-order chi connectivity index (χ0) is 37.7. The number of nitrogens with zero attached hydrogens (tertiary/aromatic N) is 3. The molecule has 3 aliphatic rings. The molecule has 0 aromatic carbocycles. The molecular weight excluding hydrogens is 654 g/mol. The Kier molecular flexibility index (Phi) is 14.4. The van der Waals surface area contributed by atoms with Crippen LogP contribution in [0.4, 0.5) is 0 Å². The first-order valence-electron chi connectivity index (χ1n) is 18.7. The molecule has 2 N–H and O–H groups in total. The molecule has 0 radical (unpaired) electrons. The number of likely N-dealkylation sites (N-methyl/N-ethyl adjacent to an activating group) is 1. The lowest BCUT2D eigenvalue weighted by Gasteiger charge is -2.47. The average Bonchev–Trinajstić information content (AvgIpc) is 3.08. The number of ether oxygens (including phenoxy) is 5. The van der Waals surface area contributed by atoms with E-state index >= 15 is 0 Å². The van der Waals surface area contributed by atoms with Crippen LogP contribution in [0.1, 0.15) is 80.3 Å². The monoisotopic (exact) mass is 717 g/mol. The second-order valence-electron chi connectivity index (χ2n) is 15.8. The van der Waals surface area contributed by atoms with Crippen LogP contribution in [0.3, 0.4) is 0 Å². The summed E-state index contributed by atoms with van der Waals surface area (Å²) < 4.78 is 32.2. The van der Waals surface area contributed by atoms with E-state index in [0.29, 0.717) is 32.4 Å². The van der Waals surface area contributed by atoms with Crippen LogP contribution in [0.2, 0.25) is 0 Å². The number of esters is 1. The Labute approximate surface area is 304 Å². The smallest absolute Gasteiger partial charge is 0.316 e. The molecule has 1 aromatic rings. The first-order chi connectivity index (χ1) is 24.0. The Bertz CT molecular complexity index is 1310. The maximum absolute atomic E-state index is 14.3. The van der Waals surface area contributed by atoms with Gasteiger partial charge in [0.2, 0.25) is 0 Å². The molecule has 0 saturated carbocycles. The molecule has 4 heterocycles. The number of Topliss-reactive ketones (excluding diaryl/α,β-unsaturated/α-hetero) is 1. The summed E-state index contributed by atoms with van der Waals surface area (Å²) in [5.74, 6) is -3.18. The largest absolute Gasteiger partial charge is 0.459 e. The van der Waals surface area contributed by atoms with E-state index in [4.69, 9.17) is 23.7 Å². The van der Waals surface area contributed by atoms with Crippen molar-refractivity contribution in [2.24, 2.45) is 17.8 Å². The van der Waals surface area contributed by atoms with E-state index in [9.17, 15) is 19.8 Å². The van der Waals surface area contributed by atoms with Crippen LogP contribution in [0.5, 0.6) is 0 Å².